The minimum absolute atomic E-state index is 0.187. The summed E-state index contributed by atoms with van der Waals surface area (Å²) in [5.41, 5.74) is 1.75. The normalized spacial score (nSPS) is 21.0. The molecule has 1 saturated carbocycles. The van der Waals surface area contributed by atoms with Gasteiger partial charge < -0.3 is 19.5 Å². The fourth-order valence-electron chi connectivity index (χ4n) is 2.90. The number of amides is 1. The van der Waals surface area contributed by atoms with Crippen molar-refractivity contribution in [3.63, 3.8) is 0 Å². The van der Waals surface area contributed by atoms with Gasteiger partial charge in [0.05, 0.1) is 18.5 Å². The van der Waals surface area contributed by atoms with E-state index < -0.39 is 0 Å². The first-order valence-corrected chi connectivity index (χ1v) is 7.51. The third kappa shape index (κ3) is 2.76. The van der Waals surface area contributed by atoms with Crippen molar-refractivity contribution < 1.29 is 18.7 Å². The lowest BCUT2D eigenvalue weighted by Crippen LogP contribution is -2.40. The smallest absolute Gasteiger partial charge is 0.310 e. The molecule has 1 fully saturated rings. The third-order valence-corrected chi connectivity index (χ3v) is 4.20. The summed E-state index contributed by atoms with van der Waals surface area (Å²) in [6.45, 7) is 0. The van der Waals surface area contributed by atoms with Gasteiger partial charge in [-0.05, 0) is 43.3 Å². The molecular formula is C15H16N2O4S. The van der Waals surface area contributed by atoms with Gasteiger partial charge in [-0.1, -0.05) is 6.42 Å². The molecule has 1 aromatic carbocycles. The van der Waals surface area contributed by atoms with E-state index in [1.165, 1.54) is 7.11 Å². The molecule has 0 saturated heterocycles. The van der Waals surface area contributed by atoms with Crippen molar-refractivity contribution in [3.05, 3.63) is 28.6 Å². The maximum atomic E-state index is 12.4. The molecule has 22 heavy (non-hydrogen) atoms. The molecule has 0 radical (unpaired) electrons. The van der Waals surface area contributed by atoms with Crippen molar-refractivity contribution in [1.82, 2.24) is 10.3 Å². The largest absolute Gasteiger partial charge is 0.469 e. The van der Waals surface area contributed by atoms with Gasteiger partial charge in [0.15, 0.2) is 5.58 Å². The molecule has 1 aliphatic rings. The summed E-state index contributed by atoms with van der Waals surface area (Å²) in [6.07, 6.45) is 2.41. The molecule has 2 unspecified atom stereocenters. The minimum Gasteiger partial charge on any atom is -0.469 e. The zero-order valence-electron chi connectivity index (χ0n) is 12.0. The van der Waals surface area contributed by atoms with Gasteiger partial charge in [0.1, 0.15) is 0 Å². The Kier molecular flexibility index (Phi) is 3.98. The van der Waals surface area contributed by atoms with Crippen molar-refractivity contribution in [3.8, 4) is 0 Å². The molecule has 3 rings (SSSR count). The third-order valence-electron chi connectivity index (χ3n) is 4.02. The highest BCUT2D eigenvalue weighted by Crippen LogP contribution is 2.27. The lowest BCUT2D eigenvalue weighted by Gasteiger charge is -2.18. The van der Waals surface area contributed by atoms with Gasteiger partial charge in [0.2, 0.25) is 0 Å². The Morgan fingerprint density at radius 3 is 3.00 bits per heavy atom. The molecule has 7 heteroatoms. The molecule has 2 aromatic rings. The Bertz CT molecular complexity index is 779. The van der Waals surface area contributed by atoms with Crippen LogP contribution in [0.5, 0.6) is 0 Å². The van der Waals surface area contributed by atoms with Crippen LogP contribution in [0.3, 0.4) is 0 Å². The number of methoxy groups -OCH3 is 1. The van der Waals surface area contributed by atoms with E-state index in [1.807, 2.05) is 0 Å². The van der Waals surface area contributed by atoms with Crippen LogP contribution in [0.25, 0.3) is 11.1 Å². The Balaban J connectivity index is 1.77. The van der Waals surface area contributed by atoms with E-state index in [2.05, 4.69) is 10.3 Å². The van der Waals surface area contributed by atoms with E-state index in [9.17, 15) is 9.59 Å². The number of benzene rings is 1. The fraction of sp³-hybridized carbons (Fsp3) is 0.400. The number of carbonyl (C=O) groups is 2. The maximum Gasteiger partial charge on any atom is 0.310 e. The monoisotopic (exact) mass is 320 g/mol. The van der Waals surface area contributed by atoms with Crippen LogP contribution in [-0.4, -0.2) is 30.0 Å². The van der Waals surface area contributed by atoms with E-state index in [0.29, 0.717) is 11.1 Å². The van der Waals surface area contributed by atoms with Crippen LogP contribution in [0.15, 0.2) is 22.6 Å². The Morgan fingerprint density at radius 1 is 1.41 bits per heavy atom. The van der Waals surface area contributed by atoms with E-state index in [0.717, 1.165) is 24.8 Å². The molecule has 1 aromatic heterocycles. The second-order valence-electron chi connectivity index (χ2n) is 5.37. The quantitative estimate of drug-likeness (QED) is 0.671. The summed E-state index contributed by atoms with van der Waals surface area (Å²) in [5.74, 6) is -0.770. The standard InChI is InChI=1S/C15H16N2O4S/c1-20-14(19)9-3-2-4-10(9)16-13(18)8-5-6-11-12(7-8)21-15(22)17-11/h5-7,9-10H,2-4H2,1H3,(H,16,18)(H,17,22). The number of H-pyrrole nitrogens is 1. The van der Waals surface area contributed by atoms with Crippen molar-refractivity contribution in [1.29, 1.82) is 0 Å². The number of hydrogen-bond donors (Lipinski definition) is 2. The number of nitrogens with one attached hydrogen (secondary N) is 2. The number of aromatic nitrogens is 1. The zero-order valence-corrected chi connectivity index (χ0v) is 12.9. The molecule has 116 valence electrons. The number of rotatable bonds is 3. The summed E-state index contributed by atoms with van der Waals surface area (Å²) >= 11 is 4.92. The zero-order chi connectivity index (χ0) is 15.7. The number of aromatic amines is 1. The Hall–Kier alpha value is -2.15. The van der Waals surface area contributed by atoms with Crippen molar-refractivity contribution in [2.75, 3.05) is 7.11 Å². The van der Waals surface area contributed by atoms with Crippen LogP contribution in [0.2, 0.25) is 0 Å². The summed E-state index contributed by atoms with van der Waals surface area (Å²) in [7, 11) is 1.37. The molecule has 0 spiro atoms. The maximum absolute atomic E-state index is 12.4. The van der Waals surface area contributed by atoms with E-state index >= 15 is 0 Å². The van der Waals surface area contributed by atoms with Gasteiger partial charge in [0.25, 0.3) is 10.7 Å². The number of esters is 1. The van der Waals surface area contributed by atoms with Crippen molar-refractivity contribution >= 4 is 35.2 Å². The fourth-order valence-corrected chi connectivity index (χ4v) is 3.10. The lowest BCUT2D eigenvalue weighted by atomic mass is 10.0. The highest BCUT2D eigenvalue weighted by Gasteiger charge is 2.34. The van der Waals surface area contributed by atoms with Crippen LogP contribution in [0, 0.1) is 10.8 Å². The number of hydrogen-bond acceptors (Lipinski definition) is 5. The molecule has 2 N–H and O–H groups in total. The average molecular weight is 320 g/mol. The highest BCUT2D eigenvalue weighted by atomic mass is 32.1. The van der Waals surface area contributed by atoms with Gasteiger partial charge >= 0.3 is 5.97 Å². The molecule has 1 aliphatic carbocycles. The SMILES string of the molecule is COC(=O)C1CCCC1NC(=O)c1ccc2[nH]c(=S)oc2c1. The average Bonchev–Trinajstić information content (AvgIpc) is 3.10. The van der Waals surface area contributed by atoms with Crippen LogP contribution in [0.4, 0.5) is 0 Å². The van der Waals surface area contributed by atoms with Crippen molar-refractivity contribution in [2.45, 2.75) is 25.3 Å². The predicted molar refractivity (Wildman–Crippen MR) is 82.0 cm³/mol. The summed E-state index contributed by atoms with van der Waals surface area (Å²) < 4.78 is 10.1. The topological polar surface area (TPSA) is 84.3 Å². The second kappa shape index (κ2) is 5.92. The molecular weight excluding hydrogens is 304 g/mol. The first-order chi connectivity index (χ1) is 10.6. The van der Waals surface area contributed by atoms with Gasteiger partial charge in [-0.15, -0.1) is 0 Å². The van der Waals surface area contributed by atoms with Gasteiger partial charge in [-0.3, -0.25) is 9.59 Å². The number of fused-ring (bicyclic) bond motifs is 1. The lowest BCUT2D eigenvalue weighted by molar-refractivity contribution is -0.145. The highest BCUT2D eigenvalue weighted by molar-refractivity contribution is 7.71. The first kappa shape index (κ1) is 14.8. The number of ether oxygens (including phenoxy) is 1. The first-order valence-electron chi connectivity index (χ1n) is 7.10. The number of oxazole rings is 1. The van der Waals surface area contributed by atoms with E-state index in [4.69, 9.17) is 21.4 Å². The summed E-state index contributed by atoms with van der Waals surface area (Å²) in [4.78, 5) is 27.2. The van der Waals surface area contributed by atoms with E-state index in [-0.39, 0.29) is 28.7 Å². The van der Waals surface area contributed by atoms with Crippen LogP contribution in [-0.2, 0) is 9.53 Å². The Labute approximate surface area is 131 Å². The minimum atomic E-state index is -0.270. The molecule has 2 atom stereocenters. The van der Waals surface area contributed by atoms with Crippen LogP contribution >= 0.6 is 12.2 Å². The molecule has 0 bridgehead atoms. The molecule has 1 heterocycles. The van der Waals surface area contributed by atoms with Crippen LogP contribution < -0.4 is 5.32 Å². The summed E-state index contributed by atoms with van der Waals surface area (Å²) in [5, 5.41) is 2.91. The molecule has 1 amide bonds. The molecule has 0 aliphatic heterocycles. The number of carbonyl (C=O) groups excluding carboxylic acids is 2. The predicted octanol–water partition coefficient (Wildman–Crippen LogP) is 2.56. The van der Waals surface area contributed by atoms with Crippen LogP contribution in [0.1, 0.15) is 29.6 Å². The van der Waals surface area contributed by atoms with Crippen molar-refractivity contribution in [2.24, 2.45) is 5.92 Å². The van der Waals surface area contributed by atoms with E-state index in [1.54, 1.807) is 18.2 Å². The van der Waals surface area contributed by atoms with Gasteiger partial charge in [0, 0.05) is 11.6 Å². The second-order valence-corrected chi connectivity index (χ2v) is 5.74. The molecule has 6 nitrogen and oxygen atoms in total. The van der Waals surface area contributed by atoms with Gasteiger partial charge in [-0.2, -0.15) is 0 Å². The van der Waals surface area contributed by atoms with Gasteiger partial charge in [-0.25, -0.2) is 0 Å². The summed E-state index contributed by atoms with van der Waals surface area (Å²) in [6, 6.07) is 4.89. The Morgan fingerprint density at radius 2 is 2.23 bits per heavy atom.